The van der Waals surface area contributed by atoms with Gasteiger partial charge < -0.3 is 23.5 Å². The topological polar surface area (TPSA) is 48.0 Å². The van der Waals surface area contributed by atoms with E-state index in [1.165, 1.54) is 10.8 Å². The minimum absolute atomic E-state index is 0.501. The van der Waals surface area contributed by atoms with Crippen LogP contribution in [0, 0.1) is 0 Å². The minimum atomic E-state index is 0.501. The molecule has 0 spiro atoms. The van der Waals surface area contributed by atoms with Crippen molar-refractivity contribution < 1.29 is 23.2 Å². The van der Waals surface area contributed by atoms with Gasteiger partial charge in [-0.2, -0.15) is 4.57 Å². The number of fused-ring (bicyclic) bond motifs is 4. The summed E-state index contributed by atoms with van der Waals surface area (Å²) in [6.07, 6.45) is 5.03. The standard InChI is InChI=1S/C43H37N2O4/c1-2-31(25-42-44(21-23-46-36-17-5-3-6-18-36)38-27-32-13-9-11-15-34(32)29-40(38)48-42)26-43-45(22-24-47-37-19-7-4-8-20-37)39-28-33-14-10-12-16-35(33)30-41(39)49-43/h3-20,25-30H,2,21-24H2,1H3/q+1. The summed E-state index contributed by atoms with van der Waals surface area (Å²) in [4.78, 5) is 2.21. The lowest BCUT2D eigenvalue weighted by Crippen LogP contribution is -2.38. The van der Waals surface area contributed by atoms with E-state index >= 15 is 0 Å². The maximum absolute atomic E-state index is 6.59. The smallest absolute Gasteiger partial charge is 0.374 e. The van der Waals surface area contributed by atoms with E-state index in [2.05, 4.69) is 101 Å². The second-order valence-electron chi connectivity index (χ2n) is 12.1. The van der Waals surface area contributed by atoms with Gasteiger partial charge in [0, 0.05) is 12.1 Å². The lowest BCUT2D eigenvalue weighted by molar-refractivity contribution is -0.678. The van der Waals surface area contributed by atoms with Crippen LogP contribution in [-0.4, -0.2) is 19.8 Å². The second-order valence-corrected chi connectivity index (χ2v) is 12.1. The van der Waals surface area contributed by atoms with Crippen molar-refractivity contribution in [3.05, 3.63) is 157 Å². The number of hydrogen-bond donors (Lipinski definition) is 0. The lowest BCUT2D eigenvalue weighted by Gasteiger charge is -2.19. The van der Waals surface area contributed by atoms with E-state index in [1.807, 2.05) is 60.7 Å². The Morgan fingerprint density at radius 2 is 1.29 bits per heavy atom. The minimum Gasteiger partial charge on any atom is -0.492 e. The van der Waals surface area contributed by atoms with E-state index < -0.39 is 0 Å². The first-order valence-electron chi connectivity index (χ1n) is 16.8. The number of aromatic nitrogens is 1. The predicted octanol–water partition coefficient (Wildman–Crippen LogP) is 9.72. The molecule has 6 nitrogen and oxygen atoms in total. The number of allylic oxidation sites excluding steroid dienone is 2. The van der Waals surface area contributed by atoms with Gasteiger partial charge in [0.1, 0.15) is 24.7 Å². The second kappa shape index (κ2) is 13.6. The van der Waals surface area contributed by atoms with Crippen molar-refractivity contribution in [1.82, 2.24) is 0 Å². The highest BCUT2D eigenvalue weighted by molar-refractivity contribution is 5.93. The molecule has 0 saturated carbocycles. The number of oxazole rings is 1. The van der Waals surface area contributed by atoms with Gasteiger partial charge in [0.2, 0.25) is 11.5 Å². The third-order valence-electron chi connectivity index (χ3n) is 8.88. The molecule has 0 atom stereocenters. The number of anilines is 1. The summed E-state index contributed by atoms with van der Waals surface area (Å²) in [5.41, 5.74) is 3.97. The fourth-order valence-corrected chi connectivity index (χ4v) is 6.36. The highest BCUT2D eigenvalue weighted by Crippen LogP contribution is 2.42. The number of benzene rings is 6. The molecular formula is C43H37N2O4+. The Balaban J connectivity index is 1.15. The van der Waals surface area contributed by atoms with Gasteiger partial charge in [-0.05, 0) is 76.0 Å². The molecule has 0 fully saturated rings. The Kier molecular flexibility index (Phi) is 8.43. The van der Waals surface area contributed by atoms with E-state index in [0.717, 1.165) is 68.6 Å². The van der Waals surface area contributed by atoms with Crippen LogP contribution < -0.4 is 23.7 Å². The molecule has 6 heteroatoms. The Labute approximate surface area is 285 Å². The van der Waals surface area contributed by atoms with E-state index in [0.29, 0.717) is 26.3 Å². The summed E-state index contributed by atoms with van der Waals surface area (Å²) < 4.78 is 27.6. The maximum Gasteiger partial charge on any atom is 0.374 e. The van der Waals surface area contributed by atoms with Gasteiger partial charge in [-0.25, -0.2) is 0 Å². The van der Waals surface area contributed by atoms with Gasteiger partial charge in [-0.3, -0.25) is 0 Å². The van der Waals surface area contributed by atoms with Crippen molar-refractivity contribution in [2.24, 2.45) is 0 Å². The first-order chi connectivity index (χ1) is 24.2. The fraction of sp³-hybridized carbons (Fsp3) is 0.140. The largest absolute Gasteiger partial charge is 0.492 e. The monoisotopic (exact) mass is 645 g/mol. The van der Waals surface area contributed by atoms with Crippen LogP contribution in [0.15, 0.2) is 155 Å². The van der Waals surface area contributed by atoms with Crippen LogP contribution in [0.2, 0.25) is 0 Å². The summed E-state index contributed by atoms with van der Waals surface area (Å²) in [6.45, 7) is 4.40. The SMILES string of the molecule is CCC(/C=C1\Oc2cc3ccccc3cc2N1CCOc1ccccc1)=C\c1oc2cc3ccccc3cc2[n+]1CCOc1ccccc1. The Morgan fingerprint density at radius 1 is 0.694 bits per heavy atom. The van der Waals surface area contributed by atoms with Crippen LogP contribution in [-0.2, 0) is 6.54 Å². The molecule has 0 bridgehead atoms. The highest BCUT2D eigenvalue weighted by atomic mass is 16.5. The van der Waals surface area contributed by atoms with Gasteiger partial charge in [-0.1, -0.05) is 91.9 Å². The zero-order chi connectivity index (χ0) is 33.0. The number of hydrogen-bond acceptors (Lipinski definition) is 5. The van der Waals surface area contributed by atoms with Gasteiger partial charge in [-0.15, -0.1) is 0 Å². The summed E-state index contributed by atoms with van der Waals surface area (Å²) in [7, 11) is 0. The first kappa shape index (κ1) is 30.3. The molecule has 8 rings (SSSR count). The summed E-state index contributed by atoms with van der Waals surface area (Å²) in [5.74, 6) is 4.05. The molecule has 1 aliphatic rings. The van der Waals surface area contributed by atoms with Gasteiger partial charge in [0.15, 0.2) is 12.3 Å². The van der Waals surface area contributed by atoms with Crippen molar-refractivity contribution in [2.75, 3.05) is 24.7 Å². The molecule has 0 saturated heterocycles. The fourth-order valence-electron chi connectivity index (χ4n) is 6.36. The van der Waals surface area contributed by atoms with Crippen LogP contribution in [0.4, 0.5) is 5.69 Å². The van der Waals surface area contributed by atoms with Crippen LogP contribution in [0.5, 0.6) is 17.2 Å². The van der Waals surface area contributed by atoms with E-state index in [9.17, 15) is 0 Å². The molecule has 6 aromatic carbocycles. The number of rotatable bonds is 11. The molecule has 0 amide bonds. The number of nitrogens with zero attached hydrogens (tertiary/aromatic N) is 2. The molecular weight excluding hydrogens is 608 g/mol. The average Bonchev–Trinajstić information content (AvgIpc) is 3.65. The van der Waals surface area contributed by atoms with Crippen molar-refractivity contribution in [3.63, 3.8) is 0 Å². The lowest BCUT2D eigenvalue weighted by atomic mass is 10.1. The Bertz CT molecular complexity index is 2310. The predicted molar refractivity (Wildman–Crippen MR) is 196 cm³/mol. The molecule has 0 radical (unpaired) electrons. The Hall–Kier alpha value is -6.01. The Morgan fingerprint density at radius 3 is 1.96 bits per heavy atom. The first-order valence-corrected chi connectivity index (χ1v) is 16.8. The molecule has 242 valence electrons. The third-order valence-corrected chi connectivity index (χ3v) is 8.88. The molecule has 49 heavy (non-hydrogen) atoms. The van der Waals surface area contributed by atoms with Crippen molar-refractivity contribution in [2.45, 2.75) is 19.9 Å². The van der Waals surface area contributed by atoms with Gasteiger partial charge in [0.05, 0.1) is 18.3 Å². The van der Waals surface area contributed by atoms with Crippen LogP contribution in [0.25, 0.3) is 38.7 Å². The zero-order valence-electron chi connectivity index (χ0n) is 27.4. The van der Waals surface area contributed by atoms with E-state index in [-0.39, 0.29) is 0 Å². The van der Waals surface area contributed by atoms with E-state index in [1.54, 1.807) is 0 Å². The molecule has 1 aromatic heterocycles. The van der Waals surface area contributed by atoms with Crippen molar-refractivity contribution in [1.29, 1.82) is 0 Å². The van der Waals surface area contributed by atoms with Crippen LogP contribution in [0.1, 0.15) is 19.2 Å². The summed E-state index contributed by atoms with van der Waals surface area (Å²) in [5, 5.41) is 4.62. The number of para-hydroxylation sites is 2. The molecule has 0 aliphatic carbocycles. The molecule has 0 unspecified atom stereocenters. The maximum atomic E-state index is 6.59. The van der Waals surface area contributed by atoms with Crippen molar-refractivity contribution in [3.8, 4) is 17.2 Å². The number of ether oxygens (including phenoxy) is 3. The molecule has 1 aliphatic heterocycles. The van der Waals surface area contributed by atoms with Crippen molar-refractivity contribution >= 4 is 44.4 Å². The molecule has 7 aromatic rings. The van der Waals surface area contributed by atoms with Crippen LogP contribution >= 0.6 is 0 Å². The van der Waals surface area contributed by atoms with Crippen LogP contribution in [0.3, 0.4) is 0 Å². The van der Waals surface area contributed by atoms with Gasteiger partial charge in [0.25, 0.3) is 5.52 Å². The highest BCUT2D eigenvalue weighted by Gasteiger charge is 2.28. The normalized spacial score (nSPS) is 13.7. The van der Waals surface area contributed by atoms with Gasteiger partial charge >= 0.3 is 5.89 Å². The third kappa shape index (κ3) is 6.46. The zero-order valence-corrected chi connectivity index (χ0v) is 27.4. The summed E-state index contributed by atoms with van der Waals surface area (Å²) in [6, 6.07) is 45.3. The average molecular weight is 646 g/mol. The molecule has 0 N–H and O–H groups in total. The quantitative estimate of drug-likeness (QED) is 0.131. The molecule has 2 heterocycles. The van der Waals surface area contributed by atoms with E-state index in [4.69, 9.17) is 18.6 Å². The summed E-state index contributed by atoms with van der Waals surface area (Å²) >= 11 is 0.